The number of aromatic nitrogens is 4. The Hall–Kier alpha value is -3.76. The molecule has 11 nitrogen and oxygen atoms in total. The highest BCUT2D eigenvalue weighted by Gasteiger charge is 2.16. The predicted octanol–water partition coefficient (Wildman–Crippen LogP) is 1.58. The van der Waals surface area contributed by atoms with E-state index in [2.05, 4.69) is 20.5 Å². The summed E-state index contributed by atoms with van der Waals surface area (Å²) in [7, 11) is 1.52. The number of benzene rings is 1. The van der Waals surface area contributed by atoms with Crippen molar-refractivity contribution in [2.24, 2.45) is 12.1 Å². The SMILES string of the molecule is CCCn1c(NN=C(C)c2cccc([N+](=O)[O-])c2)nc2c1c(=O)[nH]c(=O)n2C. The average molecular weight is 385 g/mol. The summed E-state index contributed by atoms with van der Waals surface area (Å²) in [6.07, 6.45) is 0.732. The molecule has 0 aliphatic rings. The second-order valence-corrected chi connectivity index (χ2v) is 6.19. The summed E-state index contributed by atoms with van der Waals surface area (Å²) in [6.45, 7) is 4.14. The van der Waals surface area contributed by atoms with Crippen molar-refractivity contribution >= 4 is 28.5 Å². The first-order chi connectivity index (χ1) is 13.3. The number of nitro groups is 1. The molecular weight excluding hydrogens is 366 g/mol. The lowest BCUT2D eigenvalue weighted by Gasteiger charge is -2.07. The summed E-state index contributed by atoms with van der Waals surface area (Å²) >= 11 is 0. The van der Waals surface area contributed by atoms with Crippen LogP contribution in [-0.2, 0) is 13.6 Å². The Morgan fingerprint density at radius 3 is 2.82 bits per heavy atom. The van der Waals surface area contributed by atoms with E-state index in [0.717, 1.165) is 6.42 Å². The fourth-order valence-corrected chi connectivity index (χ4v) is 2.80. The van der Waals surface area contributed by atoms with E-state index >= 15 is 0 Å². The molecule has 0 aliphatic carbocycles. The van der Waals surface area contributed by atoms with Gasteiger partial charge in [-0.25, -0.2) is 10.2 Å². The third-order valence-corrected chi connectivity index (χ3v) is 4.25. The number of fused-ring (bicyclic) bond motifs is 1. The second kappa shape index (κ2) is 7.47. The summed E-state index contributed by atoms with van der Waals surface area (Å²) in [4.78, 5) is 41.2. The number of non-ortho nitro benzene ring substituents is 1. The van der Waals surface area contributed by atoms with Crippen LogP contribution in [0.25, 0.3) is 11.2 Å². The number of anilines is 1. The van der Waals surface area contributed by atoms with Crippen molar-refractivity contribution in [2.45, 2.75) is 26.8 Å². The molecule has 0 amide bonds. The summed E-state index contributed by atoms with van der Waals surface area (Å²) in [6, 6.07) is 6.10. The number of hydrogen-bond donors (Lipinski definition) is 2. The molecular formula is C17H19N7O4. The lowest BCUT2D eigenvalue weighted by atomic mass is 10.1. The highest BCUT2D eigenvalue weighted by molar-refractivity contribution is 5.99. The van der Waals surface area contributed by atoms with Crippen molar-refractivity contribution < 1.29 is 4.92 Å². The van der Waals surface area contributed by atoms with Crippen LogP contribution in [0.3, 0.4) is 0 Å². The van der Waals surface area contributed by atoms with Gasteiger partial charge in [0.15, 0.2) is 11.2 Å². The topological polar surface area (TPSA) is 140 Å². The fourth-order valence-electron chi connectivity index (χ4n) is 2.80. The number of hydrogen-bond acceptors (Lipinski definition) is 7. The molecule has 0 unspecified atom stereocenters. The highest BCUT2D eigenvalue weighted by atomic mass is 16.6. The zero-order valence-corrected chi connectivity index (χ0v) is 15.6. The van der Waals surface area contributed by atoms with Crippen LogP contribution in [-0.4, -0.2) is 29.7 Å². The Morgan fingerprint density at radius 2 is 2.14 bits per heavy atom. The molecule has 0 atom stereocenters. The molecule has 2 aromatic heterocycles. The maximum atomic E-state index is 12.3. The van der Waals surface area contributed by atoms with Crippen molar-refractivity contribution in [3.8, 4) is 0 Å². The predicted molar refractivity (Wildman–Crippen MR) is 105 cm³/mol. The van der Waals surface area contributed by atoms with E-state index in [9.17, 15) is 19.7 Å². The van der Waals surface area contributed by atoms with E-state index in [0.29, 0.717) is 23.8 Å². The number of nitrogens with one attached hydrogen (secondary N) is 2. The molecule has 2 N–H and O–H groups in total. The molecule has 0 spiro atoms. The largest absolute Gasteiger partial charge is 0.329 e. The van der Waals surface area contributed by atoms with E-state index in [1.807, 2.05) is 6.92 Å². The molecule has 11 heteroatoms. The number of nitrogens with zero attached hydrogens (tertiary/aromatic N) is 5. The van der Waals surface area contributed by atoms with Gasteiger partial charge in [-0.05, 0) is 13.3 Å². The molecule has 0 radical (unpaired) electrons. The van der Waals surface area contributed by atoms with Crippen molar-refractivity contribution in [3.63, 3.8) is 0 Å². The minimum atomic E-state index is -0.554. The normalized spacial score (nSPS) is 11.8. The Balaban J connectivity index is 2.04. The van der Waals surface area contributed by atoms with Crippen LogP contribution in [0.4, 0.5) is 11.6 Å². The minimum absolute atomic E-state index is 0.0354. The van der Waals surface area contributed by atoms with E-state index in [-0.39, 0.29) is 16.9 Å². The molecule has 146 valence electrons. The van der Waals surface area contributed by atoms with Crippen molar-refractivity contribution in [3.05, 3.63) is 60.8 Å². The zero-order chi connectivity index (χ0) is 20.4. The van der Waals surface area contributed by atoms with Crippen LogP contribution in [0.2, 0.25) is 0 Å². The number of imidazole rings is 1. The molecule has 2 heterocycles. The van der Waals surface area contributed by atoms with Crippen LogP contribution in [0.1, 0.15) is 25.8 Å². The van der Waals surface area contributed by atoms with Crippen molar-refractivity contribution in [1.29, 1.82) is 0 Å². The van der Waals surface area contributed by atoms with Crippen molar-refractivity contribution in [1.82, 2.24) is 19.1 Å². The van der Waals surface area contributed by atoms with Crippen LogP contribution >= 0.6 is 0 Å². The second-order valence-electron chi connectivity index (χ2n) is 6.19. The first-order valence-electron chi connectivity index (χ1n) is 8.58. The quantitative estimate of drug-likeness (QED) is 0.375. The lowest BCUT2D eigenvalue weighted by molar-refractivity contribution is -0.384. The van der Waals surface area contributed by atoms with Gasteiger partial charge >= 0.3 is 5.69 Å². The number of aromatic amines is 1. The summed E-state index contributed by atoms with van der Waals surface area (Å²) in [5.74, 6) is 0.299. The summed E-state index contributed by atoms with van der Waals surface area (Å²) in [5.41, 5.74) is 3.29. The number of aryl methyl sites for hydroxylation is 2. The smallest absolute Gasteiger partial charge is 0.303 e. The molecule has 0 fully saturated rings. The standard InChI is InChI=1S/C17H19N7O4/c1-4-8-23-13-14(22(3)17(26)19-15(13)25)18-16(23)21-20-10(2)11-6-5-7-12(9-11)24(27)28/h5-7,9H,4,8H2,1-3H3,(H,18,21)(H,19,25,26). The first kappa shape index (κ1) is 19.0. The van der Waals surface area contributed by atoms with Gasteiger partial charge in [0.05, 0.1) is 10.6 Å². The monoisotopic (exact) mass is 385 g/mol. The zero-order valence-electron chi connectivity index (χ0n) is 15.6. The molecule has 0 saturated heterocycles. The van der Waals surface area contributed by atoms with Crippen LogP contribution in [0.15, 0.2) is 39.0 Å². The van der Waals surface area contributed by atoms with Gasteiger partial charge in [-0.1, -0.05) is 19.1 Å². The van der Waals surface area contributed by atoms with Crippen molar-refractivity contribution in [2.75, 3.05) is 5.43 Å². The van der Waals surface area contributed by atoms with Gasteiger partial charge in [0, 0.05) is 31.3 Å². The van der Waals surface area contributed by atoms with Gasteiger partial charge in [0.25, 0.3) is 11.2 Å². The number of hydrazone groups is 1. The minimum Gasteiger partial charge on any atom is -0.303 e. The summed E-state index contributed by atoms with van der Waals surface area (Å²) < 4.78 is 2.91. The van der Waals surface area contributed by atoms with Gasteiger partial charge < -0.3 is 4.57 Å². The van der Waals surface area contributed by atoms with E-state index in [4.69, 9.17) is 0 Å². The van der Waals surface area contributed by atoms with Gasteiger partial charge in [0.2, 0.25) is 5.95 Å². The number of rotatable bonds is 6. The van der Waals surface area contributed by atoms with Gasteiger partial charge in [-0.3, -0.25) is 24.5 Å². The third-order valence-electron chi connectivity index (χ3n) is 4.25. The van der Waals surface area contributed by atoms with Crippen LogP contribution < -0.4 is 16.7 Å². The van der Waals surface area contributed by atoms with E-state index in [1.165, 1.54) is 23.7 Å². The Kier molecular flexibility index (Phi) is 5.07. The van der Waals surface area contributed by atoms with Crippen LogP contribution in [0.5, 0.6) is 0 Å². The van der Waals surface area contributed by atoms with Crippen LogP contribution in [0, 0.1) is 10.1 Å². The van der Waals surface area contributed by atoms with Gasteiger partial charge in [-0.15, -0.1) is 0 Å². The maximum Gasteiger partial charge on any atom is 0.329 e. The summed E-state index contributed by atoms with van der Waals surface area (Å²) in [5, 5.41) is 15.2. The lowest BCUT2D eigenvalue weighted by Crippen LogP contribution is -2.29. The third kappa shape index (κ3) is 3.41. The fraction of sp³-hybridized carbons (Fsp3) is 0.294. The number of H-pyrrole nitrogens is 1. The first-order valence-corrected chi connectivity index (χ1v) is 8.58. The van der Waals surface area contributed by atoms with E-state index in [1.54, 1.807) is 23.6 Å². The Labute approximate surface area is 158 Å². The molecule has 0 bridgehead atoms. The average Bonchev–Trinajstić information content (AvgIpc) is 3.03. The highest BCUT2D eigenvalue weighted by Crippen LogP contribution is 2.17. The van der Waals surface area contributed by atoms with Gasteiger partial charge in [0.1, 0.15) is 0 Å². The Morgan fingerprint density at radius 1 is 1.39 bits per heavy atom. The molecule has 3 aromatic rings. The van der Waals surface area contributed by atoms with E-state index < -0.39 is 16.2 Å². The maximum absolute atomic E-state index is 12.3. The molecule has 0 saturated carbocycles. The number of nitro benzene ring substituents is 1. The molecule has 0 aliphatic heterocycles. The Bertz CT molecular complexity index is 1200. The molecule has 3 rings (SSSR count). The molecule has 1 aromatic carbocycles. The molecule has 28 heavy (non-hydrogen) atoms. The van der Waals surface area contributed by atoms with Gasteiger partial charge in [-0.2, -0.15) is 10.1 Å².